The molecule has 0 radical (unpaired) electrons. The Bertz CT molecular complexity index is 1570. The highest BCUT2D eigenvalue weighted by Crippen LogP contribution is 2.25. The Morgan fingerprint density at radius 1 is 1.07 bits per heavy atom. The number of nitrogens with one attached hydrogen (secondary N) is 1. The van der Waals surface area contributed by atoms with Gasteiger partial charge >= 0.3 is 11.3 Å². The zero-order chi connectivity index (χ0) is 28.2. The van der Waals surface area contributed by atoms with Gasteiger partial charge in [-0.15, -0.1) is 0 Å². The van der Waals surface area contributed by atoms with E-state index in [9.17, 15) is 4.79 Å². The molecule has 1 unspecified atom stereocenters. The van der Waals surface area contributed by atoms with Crippen molar-refractivity contribution in [2.24, 2.45) is 11.0 Å². The van der Waals surface area contributed by atoms with Crippen molar-refractivity contribution in [3.05, 3.63) is 91.9 Å². The van der Waals surface area contributed by atoms with Gasteiger partial charge in [0.05, 0.1) is 6.67 Å². The molecule has 2 aromatic heterocycles. The average Bonchev–Trinajstić information content (AvgIpc) is 3.47. The molecule has 5 rings (SSSR count). The van der Waals surface area contributed by atoms with Gasteiger partial charge in [-0.3, -0.25) is 9.42 Å². The zero-order valence-electron chi connectivity index (χ0n) is 23.7. The van der Waals surface area contributed by atoms with Gasteiger partial charge < -0.3 is 0 Å². The lowest BCUT2D eigenvalue weighted by molar-refractivity contribution is -0.671. The molecule has 0 bridgehead atoms. The Hall–Kier alpha value is -3.63. The first-order chi connectivity index (χ1) is 19.3. The summed E-state index contributed by atoms with van der Waals surface area (Å²) in [6.45, 7) is 11.3. The lowest BCUT2D eigenvalue weighted by Crippen LogP contribution is -2.38. The smallest absolute Gasteiger partial charge is 0.284 e. The molecule has 0 aliphatic carbocycles. The molecule has 0 amide bonds. The van der Waals surface area contributed by atoms with E-state index >= 15 is 0 Å². The number of aromatic amines is 1. The van der Waals surface area contributed by atoms with E-state index in [4.69, 9.17) is 26.9 Å². The minimum Gasteiger partial charge on any atom is -0.284 e. The molecule has 40 heavy (non-hydrogen) atoms. The molecule has 210 valence electrons. The predicted octanol–water partition coefficient (Wildman–Crippen LogP) is 4.96. The maximum atomic E-state index is 12.6. The average molecular weight is 561 g/mol. The first-order valence-electron chi connectivity index (χ1n) is 14.1. The van der Waals surface area contributed by atoms with Crippen LogP contribution in [0.25, 0.3) is 5.69 Å². The summed E-state index contributed by atoms with van der Waals surface area (Å²) in [4.78, 5) is 15.0. The van der Waals surface area contributed by atoms with Crippen molar-refractivity contribution in [1.82, 2.24) is 24.6 Å². The van der Waals surface area contributed by atoms with Crippen molar-refractivity contribution in [2.45, 2.75) is 66.0 Å². The third-order valence-electron chi connectivity index (χ3n) is 7.40. The normalized spacial score (nSPS) is 15.3. The minimum atomic E-state index is -0.521. The zero-order valence-corrected chi connectivity index (χ0v) is 24.5. The number of H-pyrrole nitrogens is 1. The molecular formula is C30H38N7O2S+. The van der Waals surface area contributed by atoms with Crippen LogP contribution in [0.15, 0.2) is 62.9 Å². The second-order valence-corrected chi connectivity index (χ2v) is 11.5. The molecule has 1 saturated heterocycles. The van der Waals surface area contributed by atoms with E-state index in [1.165, 1.54) is 31.0 Å². The third kappa shape index (κ3) is 6.23. The molecule has 2 aromatic carbocycles. The molecular weight excluding hydrogens is 522 g/mol. The summed E-state index contributed by atoms with van der Waals surface area (Å²) in [5.74, 6) is 1.25. The number of likely N-dealkylation sites (tertiary alicyclic amines) is 1. The van der Waals surface area contributed by atoms with Crippen LogP contribution in [0.4, 0.5) is 0 Å². The van der Waals surface area contributed by atoms with E-state index in [1.807, 2.05) is 35.9 Å². The van der Waals surface area contributed by atoms with Crippen LogP contribution in [0.3, 0.4) is 0 Å². The predicted molar refractivity (Wildman–Crippen MR) is 158 cm³/mol. The van der Waals surface area contributed by atoms with Crippen molar-refractivity contribution >= 4 is 18.4 Å². The highest BCUT2D eigenvalue weighted by Gasteiger charge is 2.24. The number of aromatic nitrogens is 5. The molecule has 0 saturated carbocycles. The lowest BCUT2D eigenvalue weighted by Gasteiger charge is -2.25. The van der Waals surface area contributed by atoms with Crippen LogP contribution in [0.5, 0.6) is 0 Å². The van der Waals surface area contributed by atoms with Crippen LogP contribution in [0.1, 0.15) is 74.2 Å². The van der Waals surface area contributed by atoms with E-state index in [0.29, 0.717) is 17.4 Å². The maximum absolute atomic E-state index is 12.6. The summed E-state index contributed by atoms with van der Waals surface area (Å²) in [5.41, 5.74) is 4.06. The summed E-state index contributed by atoms with van der Waals surface area (Å²) in [6.07, 6.45) is 6.16. The second-order valence-electron chi connectivity index (χ2n) is 11.1. The van der Waals surface area contributed by atoms with Crippen LogP contribution in [0, 0.1) is 17.6 Å². The van der Waals surface area contributed by atoms with Crippen molar-refractivity contribution < 1.29 is 9.20 Å². The fourth-order valence-electron chi connectivity index (χ4n) is 5.13. The van der Waals surface area contributed by atoms with Crippen molar-refractivity contribution in [1.29, 1.82) is 0 Å². The van der Waals surface area contributed by atoms with Crippen LogP contribution < -0.4 is 10.3 Å². The summed E-state index contributed by atoms with van der Waals surface area (Å²) in [7, 11) is 0. The van der Waals surface area contributed by atoms with Gasteiger partial charge in [-0.05, 0) is 78.5 Å². The van der Waals surface area contributed by atoms with Crippen LogP contribution in [-0.2, 0) is 13.1 Å². The number of nitrogens with zero attached hydrogens (tertiary/aromatic N) is 6. The van der Waals surface area contributed by atoms with Gasteiger partial charge in [0.15, 0.2) is 5.82 Å². The van der Waals surface area contributed by atoms with E-state index in [0.717, 1.165) is 42.1 Å². The molecule has 10 heteroatoms. The van der Waals surface area contributed by atoms with Gasteiger partial charge in [-0.2, -0.15) is 14.9 Å². The number of hydrogen-bond acceptors (Lipinski definition) is 6. The van der Waals surface area contributed by atoms with Crippen molar-refractivity contribution in [3.63, 3.8) is 0 Å². The molecule has 1 fully saturated rings. The van der Waals surface area contributed by atoms with Gasteiger partial charge in [0.1, 0.15) is 6.21 Å². The summed E-state index contributed by atoms with van der Waals surface area (Å²) >= 11 is 5.89. The Balaban J connectivity index is 1.52. The van der Waals surface area contributed by atoms with Gasteiger partial charge in [0, 0.05) is 18.1 Å². The molecule has 0 spiro atoms. The molecule has 1 N–H and O–H groups in total. The standard InChI is InChI=1S/C30H37N7O2S/c1-21(2)18-24-10-12-25(13-11-24)23(4)28-32-35(20-34-16-6-5-7-17-34)30(40)37(28)31-19-27-29(38)39-33-36(27)26-14-8-22(3)9-15-26/h8-15,19,21,23H,5-7,16-18,20H2,1-4H3/p+1. The molecule has 1 atom stereocenters. The maximum Gasteiger partial charge on any atom is 0.436 e. The number of aryl methyl sites for hydroxylation is 1. The van der Waals surface area contributed by atoms with Gasteiger partial charge in [-0.25, -0.2) is 9.48 Å². The number of piperidine rings is 1. The molecule has 1 aliphatic rings. The second kappa shape index (κ2) is 12.3. The molecule has 4 aromatic rings. The number of rotatable bonds is 9. The topological polar surface area (TPSA) is 88.2 Å². The summed E-state index contributed by atoms with van der Waals surface area (Å²) in [5, 5.41) is 12.4. The van der Waals surface area contributed by atoms with Gasteiger partial charge in [0.2, 0.25) is 10.5 Å². The van der Waals surface area contributed by atoms with Gasteiger partial charge in [-0.1, -0.05) is 69.2 Å². The van der Waals surface area contributed by atoms with Crippen molar-refractivity contribution in [2.75, 3.05) is 13.1 Å². The molecule has 9 nitrogen and oxygen atoms in total. The first-order valence-corrected chi connectivity index (χ1v) is 14.5. The Morgan fingerprint density at radius 2 is 1.77 bits per heavy atom. The van der Waals surface area contributed by atoms with Crippen LogP contribution in [-0.4, -0.2) is 43.9 Å². The van der Waals surface area contributed by atoms with Gasteiger partial charge in [0.25, 0.3) is 0 Å². The highest BCUT2D eigenvalue weighted by atomic mass is 32.1. The van der Waals surface area contributed by atoms with Crippen LogP contribution in [0.2, 0.25) is 0 Å². The number of hydrogen-bond donors (Lipinski definition) is 1. The van der Waals surface area contributed by atoms with E-state index < -0.39 is 5.63 Å². The van der Waals surface area contributed by atoms with Crippen molar-refractivity contribution in [3.8, 4) is 5.69 Å². The Labute approximate surface area is 239 Å². The molecule has 1 aliphatic heterocycles. The van der Waals surface area contributed by atoms with E-state index in [-0.39, 0.29) is 11.6 Å². The highest BCUT2D eigenvalue weighted by molar-refractivity contribution is 7.71. The van der Waals surface area contributed by atoms with E-state index in [1.54, 1.807) is 9.36 Å². The summed E-state index contributed by atoms with van der Waals surface area (Å²) in [6, 6.07) is 16.5. The van der Waals surface area contributed by atoms with E-state index in [2.05, 4.69) is 55.2 Å². The third-order valence-corrected chi connectivity index (χ3v) is 7.79. The number of benzene rings is 2. The fourth-order valence-corrected chi connectivity index (χ4v) is 5.37. The SMILES string of the molecule is Cc1ccc(-[n+]2[nH]oc(=O)c2/C=N/n2c(C(C)c3ccc(CC(C)C)cc3)nn(CN3CCCCC3)c2=S)cc1. The Kier molecular flexibility index (Phi) is 8.56. The monoisotopic (exact) mass is 560 g/mol. The summed E-state index contributed by atoms with van der Waals surface area (Å²) < 4.78 is 10.7. The quantitative estimate of drug-likeness (QED) is 0.178. The fraction of sp³-hybridized carbons (Fsp3) is 0.433. The minimum absolute atomic E-state index is 0.0681. The molecule has 3 heterocycles. The lowest BCUT2D eigenvalue weighted by atomic mass is 9.96. The van der Waals surface area contributed by atoms with Crippen LogP contribution >= 0.6 is 12.2 Å². The first kappa shape index (κ1) is 27.9. The largest absolute Gasteiger partial charge is 0.436 e. The Morgan fingerprint density at radius 3 is 2.45 bits per heavy atom.